The fraction of sp³-hybridized carbons (Fsp3) is 0. The average Bonchev–Trinajstić information content (AvgIpc) is 2.34. The van der Waals surface area contributed by atoms with Crippen molar-refractivity contribution >= 4 is 39.1 Å². The molecule has 0 atom stereocenters. The zero-order valence-corrected chi connectivity index (χ0v) is 11.4. The predicted octanol–water partition coefficient (Wildman–Crippen LogP) is 4.49. The van der Waals surface area contributed by atoms with E-state index in [1.54, 1.807) is 24.3 Å². The molecule has 0 bridgehead atoms. The minimum Gasteiger partial charge on any atom is -0.318 e. The number of amides is 1. The van der Waals surface area contributed by atoms with Gasteiger partial charge in [-0.1, -0.05) is 39.7 Å². The second-order valence-corrected chi connectivity index (χ2v) is 4.88. The quantitative estimate of drug-likeness (QED) is 0.864. The summed E-state index contributed by atoms with van der Waals surface area (Å²) in [5.41, 5.74) is 0.410. The molecule has 2 aromatic carbocycles. The molecule has 5 heteroatoms. The summed E-state index contributed by atoms with van der Waals surface area (Å²) >= 11 is 9.09. The van der Waals surface area contributed by atoms with Crippen LogP contribution in [0.5, 0.6) is 0 Å². The minimum absolute atomic E-state index is 0.0101. The molecule has 0 aliphatic heterocycles. The fourth-order valence-electron chi connectivity index (χ4n) is 1.43. The molecule has 2 rings (SSSR count). The third-order valence-electron chi connectivity index (χ3n) is 2.29. The molecule has 0 radical (unpaired) electrons. The second-order valence-electron chi connectivity index (χ2n) is 3.56. The van der Waals surface area contributed by atoms with E-state index in [0.29, 0.717) is 5.56 Å². The Hall–Kier alpha value is -1.39. The third kappa shape index (κ3) is 2.89. The van der Waals surface area contributed by atoms with Gasteiger partial charge in [0.05, 0.1) is 10.7 Å². The molecule has 18 heavy (non-hydrogen) atoms. The van der Waals surface area contributed by atoms with Gasteiger partial charge in [-0.2, -0.15) is 0 Å². The van der Waals surface area contributed by atoms with Gasteiger partial charge < -0.3 is 5.32 Å². The van der Waals surface area contributed by atoms with E-state index in [-0.39, 0.29) is 10.7 Å². The van der Waals surface area contributed by atoms with E-state index in [0.717, 1.165) is 4.47 Å². The summed E-state index contributed by atoms with van der Waals surface area (Å²) < 4.78 is 14.3. The predicted molar refractivity (Wildman–Crippen MR) is 73.5 cm³/mol. The summed E-state index contributed by atoms with van der Waals surface area (Å²) in [5.74, 6) is -0.978. The maximum absolute atomic E-state index is 13.5. The number of nitrogens with one attached hydrogen (secondary N) is 1. The normalized spacial score (nSPS) is 10.2. The number of rotatable bonds is 2. The molecule has 0 fully saturated rings. The minimum atomic E-state index is -0.564. The van der Waals surface area contributed by atoms with Gasteiger partial charge in [-0.3, -0.25) is 4.79 Å². The lowest BCUT2D eigenvalue weighted by Gasteiger charge is -2.08. The van der Waals surface area contributed by atoms with E-state index in [2.05, 4.69) is 21.2 Å². The number of carbonyl (C=O) groups is 1. The van der Waals surface area contributed by atoms with Crippen LogP contribution in [0.1, 0.15) is 10.4 Å². The number of benzene rings is 2. The van der Waals surface area contributed by atoms with Crippen LogP contribution in [0.15, 0.2) is 46.9 Å². The van der Waals surface area contributed by atoms with E-state index < -0.39 is 11.7 Å². The zero-order valence-electron chi connectivity index (χ0n) is 9.08. The zero-order chi connectivity index (χ0) is 13.1. The maximum Gasteiger partial charge on any atom is 0.255 e. The first kappa shape index (κ1) is 13.1. The van der Waals surface area contributed by atoms with Gasteiger partial charge in [-0.05, 0) is 30.3 Å². The molecule has 0 aliphatic rings. The SMILES string of the molecule is O=C(Nc1c(F)cccc1Cl)c1cccc(Br)c1. The number of hydrogen-bond acceptors (Lipinski definition) is 1. The molecule has 0 aromatic heterocycles. The Morgan fingerprint density at radius 1 is 1.22 bits per heavy atom. The topological polar surface area (TPSA) is 29.1 Å². The monoisotopic (exact) mass is 327 g/mol. The summed E-state index contributed by atoms with van der Waals surface area (Å²) in [6.45, 7) is 0. The van der Waals surface area contributed by atoms with Crippen molar-refractivity contribution in [1.29, 1.82) is 0 Å². The Labute approximate surface area is 117 Å². The highest BCUT2D eigenvalue weighted by molar-refractivity contribution is 9.10. The van der Waals surface area contributed by atoms with Crippen LogP contribution in [0.4, 0.5) is 10.1 Å². The van der Waals surface area contributed by atoms with Crippen LogP contribution in [0.3, 0.4) is 0 Å². The number of hydrogen-bond donors (Lipinski definition) is 1. The molecule has 0 unspecified atom stereocenters. The molecular formula is C13H8BrClFNO. The number of anilines is 1. The van der Waals surface area contributed by atoms with Gasteiger partial charge in [0, 0.05) is 10.0 Å². The molecule has 0 saturated heterocycles. The van der Waals surface area contributed by atoms with Crippen molar-refractivity contribution < 1.29 is 9.18 Å². The number of halogens is 3. The lowest BCUT2D eigenvalue weighted by atomic mass is 10.2. The van der Waals surface area contributed by atoms with Gasteiger partial charge in [0.25, 0.3) is 5.91 Å². The van der Waals surface area contributed by atoms with E-state index in [1.807, 2.05) is 0 Å². The molecule has 2 aromatic rings. The summed E-state index contributed by atoms with van der Waals surface area (Å²) in [7, 11) is 0. The molecule has 1 N–H and O–H groups in total. The molecule has 0 spiro atoms. The van der Waals surface area contributed by atoms with Crippen molar-refractivity contribution in [2.45, 2.75) is 0 Å². The van der Waals surface area contributed by atoms with Crippen LogP contribution >= 0.6 is 27.5 Å². The van der Waals surface area contributed by atoms with Crippen molar-refractivity contribution in [1.82, 2.24) is 0 Å². The molecule has 2 nitrogen and oxygen atoms in total. The van der Waals surface area contributed by atoms with E-state index in [1.165, 1.54) is 18.2 Å². The smallest absolute Gasteiger partial charge is 0.255 e. The van der Waals surface area contributed by atoms with Crippen molar-refractivity contribution in [2.24, 2.45) is 0 Å². The molecule has 0 heterocycles. The molecule has 92 valence electrons. The Morgan fingerprint density at radius 2 is 1.94 bits per heavy atom. The van der Waals surface area contributed by atoms with Crippen molar-refractivity contribution in [3.8, 4) is 0 Å². The van der Waals surface area contributed by atoms with Crippen LogP contribution in [0, 0.1) is 5.82 Å². The Morgan fingerprint density at radius 3 is 2.61 bits per heavy atom. The molecule has 1 amide bonds. The standard InChI is InChI=1S/C13H8BrClFNO/c14-9-4-1-3-8(7-9)13(18)17-12-10(15)5-2-6-11(12)16/h1-7H,(H,17,18). The van der Waals surface area contributed by atoms with Gasteiger partial charge in [0.2, 0.25) is 0 Å². The number of carbonyl (C=O) groups excluding carboxylic acids is 1. The van der Waals surface area contributed by atoms with Crippen LogP contribution in [0.25, 0.3) is 0 Å². The largest absolute Gasteiger partial charge is 0.318 e. The Bertz CT molecular complexity index is 583. The lowest BCUT2D eigenvalue weighted by molar-refractivity contribution is 0.102. The summed E-state index contributed by atoms with van der Waals surface area (Å²) in [6.07, 6.45) is 0. The van der Waals surface area contributed by atoms with Crippen LogP contribution < -0.4 is 5.32 Å². The van der Waals surface area contributed by atoms with Gasteiger partial charge >= 0.3 is 0 Å². The van der Waals surface area contributed by atoms with E-state index >= 15 is 0 Å². The van der Waals surface area contributed by atoms with Crippen LogP contribution in [-0.2, 0) is 0 Å². The first-order valence-corrected chi connectivity index (χ1v) is 6.26. The fourth-order valence-corrected chi connectivity index (χ4v) is 2.04. The van der Waals surface area contributed by atoms with E-state index in [4.69, 9.17) is 11.6 Å². The first-order valence-electron chi connectivity index (χ1n) is 5.09. The third-order valence-corrected chi connectivity index (χ3v) is 3.10. The highest BCUT2D eigenvalue weighted by Crippen LogP contribution is 2.25. The summed E-state index contributed by atoms with van der Waals surface area (Å²) in [5, 5.41) is 2.62. The average molecular weight is 329 g/mol. The van der Waals surface area contributed by atoms with Gasteiger partial charge in [0.1, 0.15) is 5.82 Å². The summed E-state index contributed by atoms with van der Waals surface area (Å²) in [6, 6.07) is 11.0. The molecule has 0 saturated carbocycles. The highest BCUT2D eigenvalue weighted by atomic mass is 79.9. The van der Waals surface area contributed by atoms with Crippen LogP contribution in [0.2, 0.25) is 5.02 Å². The van der Waals surface area contributed by atoms with Crippen molar-refractivity contribution in [2.75, 3.05) is 5.32 Å². The maximum atomic E-state index is 13.5. The van der Waals surface area contributed by atoms with Gasteiger partial charge in [-0.15, -0.1) is 0 Å². The highest BCUT2D eigenvalue weighted by Gasteiger charge is 2.12. The second kappa shape index (κ2) is 5.50. The van der Waals surface area contributed by atoms with E-state index in [9.17, 15) is 9.18 Å². The Balaban J connectivity index is 2.27. The van der Waals surface area contributed by atoms with Crippen LogP contribution in [-0.4, -0.2) is 5.91 Å². The molecule has 0 aliphatic carbocycles. The van der Waals surface area contributed by atoms with Gasteiger partial charge in [0.15, 0.2) is 0 Å². The summed E-state index contributed by atoms with van der Waals surface area (Å²) in [4.78, 5) is 11.9. The van der Waals surface area contributed by atoms with Crippen molar-refractivity contribution in [3.05, 3.63) is 63.3 Å². The lowest BCUT2D eigenvalue weighted by Crippen LogP contribution is -2.13. The van der Waals surface area contributed by atoms with Crippen molar-refractivity contribution in [3.63, 3.8) is 0 Å². The van der Waals surface area contributed by atoms with Gasteiger partial charge in [-0.25, -0.2) is 4.39 Å². The first-order chi connectivity index (χ1) is 8.58. The number of para-hydroxylation sites is 1. The Kier molecular flexibility index (Phi) is 3.99. The molecular weight excluding hydrogens is 321 g/mol.